The second-order valence-electron chi connectivity index (χ2n) is 0.967. The van der Waals surface area contributed by atoms with Crippen LogP contribution in [0.25, 0.3) is 0 Å². The number of aliphatic carboxylic acids is 1. The monoisotopic (exact) mass is 272 g/mol. The Labute approximate surface area is 84.6 Å². The van der Waals surface area contributed by atoms with E-state index >= 15 is 0 Å². The summed E-state index contributed by atoms with van der Waals surface area (Å²) in [6.45, 7) is 1.08. The topological polar surface area (TPSA) is 112 Å². The van der Waals surface area contributed by atoms with Gasteiger partial charge in [-0.3, -0.25) is 13.9 Å². The third-order valence-electron chi connectivity index (χ3n) is 0. The minimum absolute atomic E-state index is 0. The minimum Gasteiger partial charge on any atom is -0.481 e. The number of carboxylic acids is 1. The van der Waals surface area contributed by atoms with E-state index in [1.54, 1.807) is 0 Å². The van der Waals surface area contributed by atoms with Crippen molar-refractivity contribution in [2.45, 2.75) is 6.92 Å². The molecule has 0 rings (SSSR count). The summed E-state index contributed by atoms with van der Waals surface area (Å²) in [6, 6.07) is 0. The van der Waals surface area contributed by atoms with Gasteiger partial charge in [-0.1, -0.05) is 0 Å². The summed E-state index contributed by atoms with van der Waals surface area (Å²) >= 11 is 0. The average Bonchev–Trinajstić information content (AvgIpc) is 1.19. The van der Waals surface area contributed by atoms with E-state index in [0.717, 1.165) is 6.92 Å². The van der Waals surface area contributed by atoms with Gasteiger partial charge in [0.05, 0.1) is 0 Å². The quantitative estimate of drug-likeness (QED) is 0.402. The van der Waals surface area contributed by atoms with E-state index in [2.05, 4.69) is 0 Å². The molecule has 0 heterocycles. The van der Waals surface area contributed by atoms with Gasteiger partial charge in [-0.15, -0.1) is 0 Å². The number of carboxylic acid groups (broad SMARTS) is 1. The zero-order chi connectivity index (χ0) is 8.08. The second kappa shape index (κ2) is 10.4. The molecule has 0 bridgehead atoms. The molecule has 0 unspecified atom stereocenters. The van der Waals surface area contributed by atoms with Crippen molar-refractivity contribution >= 4 is 16.4 Å². The molecule has 0 atom stereocenters. The van der Waals surface area contributed by atoms with Crippen molar-refractivity contribution in [2.24, 2.45) is 0 Å². The Hall–Kier alpha value is 0.366. The Morgan fingerprint density at radius 2 is 1.27 bits per heavy atom. The molecule has 9 heteroatoms. The van der Waals surface area contributed by atoms with Crippen molar-refractivity contribution in [2.75, 3.05) is 0 Å². The molecular weight excluding hydrogens is 266 g/mol. The summed E-state index contributed by atoms with van der Waals surface area (Å²) in [7, 11) is -4.67. The molecule has 3 N–H and O–H groups in total. The fraction of sp³-hybridized carbons (Fsp3) is 0.500. The maximum Gasteiger partial charge on any atom is 0.394 e. The van der Waals surface area contributed by atoms with Gasteiger partial charge in [0.1, 0.15) is 0 Å². The summed E-state index contributed by atoms with van der Waals surface area (Å²) in [5.41, 5.74) is 0. The van der Waals surface area contributed by atoms with Crippen molar-refractivity contribution in [1.29, 1.82) is 0 Å². The fourth-order valence-corrected chi connectivity index (χ4v) is 0. The number of hydrogen-bond donors (Lipinski definition) is 3. The molecule has 0 amide bonds. The number of rotatable bonds is 0. The Kier molecular flexibility index (Phi) is 21.2. The largest absolute Gasteiger partial charge is 0.481 e. The SMILES string of the molecule is CC(=O)O.O=S(=O)(O)O.[Co].[Mn]. The van der Waals surface area contributed by atoms with E-state index in [0.29, 0.717) is 0 Å². The summed E-state index contributed by atoms with van der Waals surface area (Å²) in [5.74, 6) is -0.833. The van der Waals surface area contributed by atoms with Crippen LogP contribution in [0.5, 0.6) is 0 Å². The summed E-state index contributed by atoms with van der Waals surface area (Å²) in [4.78, 5) is 9.00. The van der Waals surface area contributed by atoms with Crippen LogP contribution in [-0.4, -0.2) is 28.6 Å². The molecule has 6 nitrogen and oxygen atoms in total. The molecule has 0 aromatic rings. The van der Waals surface area contributed by atoms with Crippen molar-refractivity contribution in [1.82, 2.24) is 0 Å². The summed E-state index contributed by atoms with van der Waals surface area (Å²) in [6.07, 6.45) is 0. The maximum atomic E-state index is 9.00. The molecular formula is C2H6CoMnO6S. The van der Waals surface area contributed by atoms with Gasteiger partial charge in [-0.2, -0.15) is 8.42 Å². The van der Waals surface area contributed by atoms with E-state index in [1.807, 2.05) is 0 Å². The summed E-state index contributed by atoms with van der Waals surface area (Å²) < 4.78 is 31.6. The summed E-state index contributed by atoms with van der Waals surface area (Å²) in [5, 5.41) is 7.42. The van der Waals surface area contributed by atoms with Crippen LogP contribution in [0.3, 0.4) is 0 Å². The zero-order valence-corrected chi connectivity index (χ0v) is 8.22. The van der Waals surface area contributed by atoms with E-state index < -0.39 is 16.4 Å². The molecule has 0 saturated heterocycles. The molecule has 0 aliphatic carbocycles. The van der Waals surface area contributed by atoms with Gasteiger partial charge in [-0.25, -0.2) is 0 Å². The van der Waals surface area contributed by atoms with Gasteiger partial charge in [0.25, 0.3) is 5.97 Å². The molecule has 0 fully saturated rings. The van der Waals surface area contributed by atoms with Gasteiger partial charge in [-0.05, 0) is 0 Å². The Balaban J connectivity index is -0.0000000383. The van der Waals surface area contributed by atoms with Crippen LogP contribution in [0.4, 0.5) is 0 Å². The van der Waals surface area contributed by atoms with Gasteiger partial charge < -0.3 is 5.11 Å². The molecule has 2 radical (unpaired) electrons. The Bertz CT molecular complexity index is 163. The van der Waals surface area contributed by atoms with Crippen LogP contribution < -0.4 is 0 Å². The molecule has 11 heavy (non-hydrogen) atoms. The fourth-order valence-electron chi connectivity index (χ4n) is 0. The van der Waals surface area contributed by atoms with Gasteiger partial charge in [0.15, 0.2) is 0 Å². The van der Waals surface area contributed by atoms with Crippen molar-refractivity contribution in [3.63, 3.8) is 0 Å². The average molecular weight is 272 g/mol. The predicted octanol–water partition coefficient (Wildman–Crippen LogP) is -0.567. The standard InChI is InChI=1S/C2H4O2.Co.Mn.H2O4S/c1-2(3)4;;;1-5(2,3)4/h1H3,(H,3,4);;;(H2,1,2,3,4). The van der Waals surface area contributed by atoms with Gasteiger partial charge in [0, 0.05) is 40.8 Å². The maximum absolute atomic E-state index is 9.00. The molecule has 0 aliphatic heterocycles. The first kappa shape index (κ1) is 22.5. The van der Waals surface area contributed by atoms with Crippen molar-refractivity contribution < 1.29 is 61.3 Å². The van der Waals surface area contributed by atoms with Crippen LogP contribution >= 0.6 is 0 Å². The zero-order valence-electron chi connectivity index (χ0n) is 5.19. The smallest absolute Gasteiger partial charge is 0.394 e. The number of carbonyl (C=O) groups is 1. The predicted molar refractivity (Wildman–Crippen MR) is 27.5 cm³/mol. The van der Waals surface area contributed by atoms with Crippen LogP contribution in [0.2, 0.25) is 0 Å². The van der Waals surface area contributed by atoms with Crippen LogP contribution in [-0.2, 0) is 49.0 Å². The van der Waals surface area contributed by atoms with Gasteiger partial charge in [0.2, 0.25) is 0 Å². The van der Waals surface area contributed by atoms with Crippen molar-refractivity contribution in [3.05, 3.63) is 0 Å². The van der Waals surface area contributed by atoms with E-state index in [9.17, 15) is 0 Å². The molecule has 0 spiro atoms. The molecule has 0 aliphatic rings. The molecule has 0 aromatic carbocycles. The van der Waals surface area contributed by atoms with Crippen LogP contribution in [0.1, 0.15) is 6.92 Å². The number of hydrogen-bond acceptors (Lipinski definition) is 3. The van der Waals surface area contributed by atoms with Crippen LogP contribution in [0, 0.1) is 0 Å². The molecule has 72 valence electrons. The van der Waals surface area contributed by atoms with Crippen molar-refractivity contribution in [3.8, 4) is 0 Å². The van der Waals surface area contributed by atoms with Crippen LogP contribution in [0.15, 0.2) is 0 Å². The van der Waals surface area contributed by atoms with Gasteiger partial charge >= 0.3 is 10.4 Å². The van der Waals surface area contributed by atoms with E-state index in [1.165, 1.54) is 0 Å². The normalized spacial score (nSPS) is 7.55. The Morgan fingerprint density at radius 3 is 1.27 bits per heavy atom. The molecule has 0 saturated carbocycles. The molecule has 0 aromatic heterocycles. The first-order valence-electron chi connectivity index (χ1n) is 1.63. The third kappa shape index (κ3) is 5420. The van der Waals surface area contributed by atoms with E-state index in [4.69, 9.17) is 27.4 Å². The minimum atomic E-state index is -4.67. The first-order chi connectivity index (χ1) is 3.73. The third-order valence-corrected chi connectivity index (χ3v) is 0. The first-order valence-corrected chi connectivity index (χ1v) is 3.02. The Morgan fingerprint density at radius 1 is 1.27 bits per heavy atom. The second-order valence-corrected chi connectivity index (χ2v) is 1.86. The van der Waals surface area contributed by atoms with E-state index in [-0.39, 0.29) is 33.8 Å².